The molecule has 0 fully saturated rings. The molecule has 130 valence electrons. The molecule has 1 aromatic carbocycles. The third kappa shape index (κ3) is 4.63. The number of nitrogens with one attached hydrogen (secondary N) is 1. The largest absolute Gasteiger partial charge is 0.467 e. The molecule has 0 aliphatic rings. The number of hydrogen-bond acceptors (Lipinski definition) is 7. The average Bonchev–Trinajstić information content (AvgIpc) is 2.61. The van der Waals surface area contributed by atoms with Crippen LogP contribution in [0, 0.1) is 0 Å². The summed E-state index contributed by atoms with van der Waals surface area (Å²) < 4.78 is 32.5. The second-order valence-corrected chi connectivity index (χ2v) is 6.28. The third-order valence-electron chi connectivity index (χ3n) is 3.17. The van der Waals surface area contributed by atoms with Crippen LogP contribution >= 0.6 is 11.8 Å². The van der Waals surface area contributed by atoms with Crippen LogP contribution in [0.3, 0.4) is 0 Å². The topological polar surface area (TPSA) is 106 Å². The number of aromatic nitrogens is 3. The Labute approximate surface area is 146 Å². The van der Waals surface area contributed by atoms with Gasteiger partial charge in [0.2, 0.25) is 11.3 Å². The number of nitrogens with zero attached hydrogens (tertiary/aromatic N) is 3. The summed E-state index contributed by atoms with van der Waals surface area (Å²) in [6.07, 6.45) is 1.93. The van der Waals surface area contributed by atoms with Crippen molar-refractivity contribution in [1.82, 2.24) is 19.7 Å². The quantitative estimate of drug-likeness (QED) is 0.675. The molecule has 2 unspecified atom stereocenters. The normalized spacial score (nSPS) is 13.3. The van der Waals surface area contributed by atoms with Gasteiger partial charge in [-0.2, -0.15) is 9.97 Å². The molecule has 2 N–H and O–H groups in total. The van der Waals surface area contributed by atoms with E-state index in [9.17, 15) is 4.21 Å². The molecule has 24 heavy (non-hydrogen) atoms. The molecule has 0 amide bonds. The fourth-order valence-electron chi connectivity index (χ4n) is 2.11. The van der Waals surface area contributed by atoms with Gasteiger partial charge < -0.3 is 9.47 Å². The molecule has 2 atom stereocenters. The van der Waals surface area contributed by atoms with Gasteiger partial charge in [-0.1, -0.05) is 24.3 Å². The maximum absolute atomic E-state index is 10.9. The van der Waals surface area contributed by atoms with Crippen molar-refractivity contribution in [3.63, 3.8) is 0 Å². The van der Waals surface area contributed by atoms with Crippen LogP contribution in [0.15, 0.2) is 24.3 Å². The Morgan fingerprint density at radius 3 is 2.38 bits per heavy atom. The first-order valence-electron chi connectivity index (χ1n) is 6.88. The highest BCUT2D eigenvalue weighted by Crippen LogP contribution is 2.35. The molecule has 1 heterocycles. The molecule has 0 radical (unpaired) electrons. The molecule has 0 spiro atoms. The van der Waals surface area contributed by atoms with Crippen molar-refractivity contribution in [3.8, 4) is 12.0 Å². The Hall–Kier alpha value is -1.75. The summed E-state index contributed by atoms with van der Waals surface area (Å²) >= 11 is -0.549. The van der Waals surface area contributed by atoms with Crippen molar-refractivity contribution < 1.29 is 18.2 Å². The minimum Gasteiger partial charge on any atom is -0.467 e. The molecule has 8 nitrogen and oxygen atoms in total. The van der Waals surface area contributed by atoms with Crippen molar-refractivity contribution in [2.45, 2.75) is 11.8 Å². The fourth-order valence-corrected chi connectivity index (χ4v) is 3.19. The Balaban J connectivity index is 2.43. The van der Waals surface area contributed by atoms with Gasteiger partial charge in [-0.05, 0) is 17.4 Å². The zero-order chi connectivity index (χ0) is 17.5. The van der Waals surface area contributed by atoms with E-state index in [2.05, 4.69) is 19.7 Å². The van der Waals surface area contributed by atoms with E-state index in [-0.39, 0.29) is 23.8 Å². The van der Waals surface area contributed by atoms with Gasteiger partial charge in [0, 0.05) is 6.54 Å². The first-order valence-corrected chi connectivity index (χ1v) is 9.27. The van der Waals surface area contributed by atoms with Gasteiger partial charge in [-0.25, -0.2) is 8.93 Å². The zero-order valence-corrected chi connectivity index (χ0v) is 15.1. The van der Waals surface area contributed by atoms with E-state index in [0.717, 1.165) is 11.1 Å². The number of methoxy groups -OCH3 is 2. The lowest BCUT2D eigenvalue weighted by molar-refractivity contribution is 0.336. The van der Waals surface area contributed by atoms with Gasteiger partial charge in [0.15, 0.2) is 5.82 Å². The van der Waals surface area contributed by atoms with Gasteiger partial charge >= 0.3 is 12.0 Å². The minimum atomic E-state index is -2.08. The van der Waals surface area contributed by atoms with Crippen molar-refractivity contribution >= 4 is 23.0 Å². The Kier molecular flexibility index (Phi) is 6.91. The Bertz CT molecular complexity index is 695. The van der Waals surface area contributed by atoms with Crippen LogP contribution in [0.25, 0.3) is 0 Å². The molecule has 0 aliphatic heterocycles. The summed E-state index contributed by atoms with van der Waals surface area (Å²) in [4.78, 5) is 12.6. The van der Waals surface area contributed by atoms with E-state index in [0.29, 0.717) is 5.82 Å². The van der Waals surface area contributed by atoms with Crippen LogP contribution in [0.1, 0.15) is 22.2 Å². The molecule has 0 aliphatic carbocycles. The average molecular weight is 370 g/mol. The van der Waals surface area contributed by atoms with E-state index in [1.807, 2.05) is 30.5 Å². The molecule has 0 bridgehead atoms. The summed E-state index contributed by atoms with van der Waals surface area (Å²) in [6.45, 7) is 0.246. The van der Waals surface area contributed by atoms with Gasteiger partial charge in [0.05, 0.1) is 19.5 Å². The Morgan fingerprint density at radius 2 is 1.83 bits per heavy atom. The second kappa shape index (κ2) is 8.92. The van der Waals surface area contributed by atoms with Crippen LogP contribution in [0.5, 0.6) is 12.0 Å². The molecule has 2 aromatic rings. The summed E-state index contributed by atoms with van der Waals surface area (Å²) in [6, 6.07) is 7.92. The molecular weight excluding hydrogens is 352 g/mol. The number of benzene rings is 1. The third-order valence-corrected chi connectivity index (χ3v) is 4.50. The highest BCUT2D eigenvalue weighted by Gasteiger charge is 2.21. The van der Waals surface area contributed by atoms with Gasteiger partial charge in [0.25, 0.3) is 0 Å². The zero-order valence-electron chi connectivity index (χ0n) is 13.4. The lowest BCUT2D eigenvalue weighted by Gasteiger charge is -2.18. The van der Waals surface area contributed by atoms with E-state index < -0.39 is 11.3 Å². The van der Waals surface area contributed by atoms with E-state index in [4.69, 9.17) is 14.0 Å². The van der Waals surface area contributed by atoms with Crippen LogP contribution in [0.2, 0.25) is 0 Å². The molecule has 10 heteroatoms. The maximum Gasteiger partial charge on any atom is 0.322 e. The Morgan fingerprint density at radius 1 is 1.21 bits per heavy atom. The molecule has 0 saturated carbocycles. The monoisotopic (exact) mass is 370 g/mol. The predicted molar refractivity (Wildman–Crippen MR) is 92.3 cm³/mol. The summed E-state index contributed by atoms with van der Waals surface area (Å²) in [7, 11) is 2.95. The van der Waals surface area contributed by atoms with E-state index >= 15 is 0 Å². The molecule has 2 rings (SSSR count). The maximum atomic E-state index is 10.9. The summed E-state index contributed by atoms with van der Waals surface area (Å²) in [5.74, 6) is 0.490. The first kappa shape index (κ1) is 18.6. The lowest BCUT2D eigenvalue weighted by atomic mass is 10.0. The van der Waals surface area contributed by atoms with Crippen molar-refractivity contribution in [1.29, 1.82) is 0 Å². The summed E-state index contributed by atoms with van der Waals surface area (Å²) in [5.41, 5.74) is 1.80. The lowest BCUT2D eigenvalue weighted by Crippen LogP contribution is -2.17. The van der Waals surface area contributed by atoms with Crippen molar-refractivity contribution in [3.05, 3.63) is 41.2 Å². The van der Waals surface area contributed by atoms with Crippen molar-refractivity contribution in [2.75, 3.05) is 20.5 Å². The van der Waals surface area contributed by atoms with Crippen LogP contribution in [-0.4, -0.2) is 44.2 Å². The number of rotatable bonds is 8. The highest BCUT2D eigenvalue weighted by atomic mass is 32.2. The molecule has 1 aromatic heterocycles. The first-order chi connectivity index (χ1) is 11.6. The highest BCUT2D eigenvalue weighted by molar-refractivity contribution is 7.99. The van der Waals surface area contributed by atoms with Crippen molar-refractivity contribution in [2.24, 2.45) is 0 Å². The van der Waals surface area contributed by atoms with Gasteiger partial charge in [0.1, 0.15) is 0 Å². The van der Waals surface area contributed by atoms with E-state index in [1.165, 1.54) is 26.0 Å². The van der Waals surface area contributed by atoms with E-state index in [1.54, 1.807) is 0 Å². The van der Waals surface area contributed by atoms with Crippen LogP contribution < -0.4 is 14.2 Å². The van der Waals surface area contributed by atoms with Gasteiger partial charge in [-0.3, -0.25) is 4.55 Å². The fraction of sp³-hybridized carbons (Fsp3) is 0.357. The number of ether oxygens (including phenoxy) is 2. The number of hydrogen-bond donors (Lipinski definition) is 2. The summed E-state index contributed by atoms with van der Waals surface area (Å²) in [5, 5.41) is -0.207. The molecular formula is C14H18N4O4S2. The van der Waals surface area contributed by atoms with Crippen LogP contribution in [-0.2, 0) is 17.8 Å². The van der Waals surface area contributed by atoms with Gasteiger partial charge in [-0.15, -0.1) is 16.7 Å². The smallest absolute Gasteiger partial charge is 0.322 e. The number of thioether (sulfide) groups is 1. The van der Waals surface area contributed by atoms with Crippen LogP contribution in [0.4, 0.5) is 0 Å². The minimum absolute atomic E-state index is 0.169. The predicted octanol–water partition coefficient (Wildman–Crippen LogP) is 1.57. The standard InChI is InChI=1S/C14H18N4O4S2/c1-21-13-16-12(17-14(18-13)22-2)11(23-3)10-7-5-4-6-9(10)8-15-24(19)20/h4-7,11,15H,8H2,1-3H3,(H,19,20). The SMILES string of the molecule is COc1nc(OC)nc(C(SC)c2ccccc2CNS(=O)O)n1. The molecule has 0 saturated heterocycles. The second-order valence-electron chi connectivity index (χ2n) is 4.55.